The SMILES string of the molecule is CC(C)(C)[Si](C)(C)OC[C@H]1C(=O)N(C(C(=O)O)=P(c2ccccc2)(c2ccccc2)c2ccccc2)[C@@H]1S. The van der Waals surface area contributed by atoms with E-state index in [1.165, 1.54) is 4.90 Å². The normalized spacial score (nSPS) is 18.2. The molecule has 8 heteroatoms. The Morgan fingerprint density at radius 2 is 1.29 bits per heavy atom. The van der Waals surface area contributed by atoms with Gasteiger partial charge in [0.05, 0.1) is 11.3 Å². The van der Waals surface area contributed by atoms with Crippen molar-refractivity contribution >= 4 is 61.0 Å². The third-order valence-electron chi connectivity index (χ3n) is 7.78. The highest BCUT2D eigenvalue weighted by Gasteiger charge is 2.53. The fraction of sp³-hybridized carbons (Fsp3) is 0.300. The lowest BCUT2D eigenvalue weighted by atomic mass is 9.99. The van der Waals surface area contributed by atoms with E-state index < -0.39 is 32.5 Å². The predicted octanol–water partition coefficient (Wildman–Crippen LogP) is 4.93. The standard InChI is InChI=1S/C30H36NO4PSSi/c1-30(2,3)38(4,5)35-21-25-26(32)31(28(25)37)27(29(33)34)36(22-15-9-6-10-16-22,23-17-11-7-12-18-23)24-19-13-8-14-20-24/h6-20,25,28,37H,21H2,1-5H3,(H,33,34)/t25-,28+/m0/s1. The van der Waals surface area contributed by atoms with E-state index in [0.29, 0.717) is 0 Å². The van der Waals surface area contributed by atoms with Crippen LogP contribution in [0, 0.1) is 5.92 Å². The molecule has 0 spiro atoms. The van der Waals surface area contributed by atoms with Crippen LogP contribution in [-0.2, 0) is 14.0 Å². The number of hydrogen-bond donors (Lipinski definition) is 2. The van der Waals surface area contributed by atoms with Crippen molar-refractivity contribution in [2.75, 3.05) is 6.61 Å². The molecule has 0 bridgehead atoms. The van der Waals surface area contributed by atoms with Crippen LogP contribution in [0.5, 0.6) is 0 Å². The summed E-state index contributed by atoms with van der Waals surface area (Å²) < 4.78 is 6.36. The van der Waals surface area contributed by atoms with E-state index in [2.05, 4.69) is 33.9 Å². The number of likely N-dealkylation sites (tertiary alicyclic amines) is 1. The third kappa shape index (κ3) is 4.93. The Morgan fingerprint density at radius 1 is 0.895 bits per heavy atom. The summed E-state index contributed by atoms with van der Waals surface area (Å²) in [5, 5.41) is 12.8. The van der Waals surface area contributed by atoms with Crippen LogP contribution >= 0.6 is 19.5 Å². The molecule has 1 N–H and O–H groups in total. The molecule has 1 aliphatic rings. The fourth-order valence-corrected chi connectivity index (χ4v) is 10.5. The van der Waals surface area contributed by atoms with Crippen molar-refractivity contribution in [2.45, 2.75) is 44.3 Å². The molecule has 3 aromatic rings. The molecule has 0 saturated carbocycles. The Bertz CT molecular complexity index is 1250. The van der Waals surface area contributed by atoms with E-state index in [1.807, 2.05) is 91.0 Å². The molecular weight excluding hydrogens is 529 g/mol. The molecule has 0 radical (unpaired) electrons. The topological polar surface area (TPSA) is 66.8 Å². The Kier molecular flexibility index (Phi) is 8.15. The maximum atomic E-state index is 13.8. The van der Waals surface area contributed by atoms with Crippen molar-refractivity contribution in [2.24, 2.45) is 5.92 Å². The lowest BCUT2D eigenvalue weighted by Crippen LogP contribution is -2.65. The zero-order chi connectivity index (χ0) is 27.7. The Hall–Kier alpha value is -2.57. The first-order valence-electron chi connectivity index (χ1n) is 12.7. The molecule has 0 unspecified atom stereocenters. The van der Waals surface area contributed by atoms with Crippen molar-refractivity contribution < 1.29 is 19.1 Å². The second-order valence-corrected chi connectivity index (χ2v) is 19.8. The molecule has 0 aliphatic carbocycles. The highest BCUT2D eigenvalue weighted by Crippen LogP contribution is 2.49. The summed E-state index contributed by atoms with van der Waals surface area (Å²) in [4.78, 5) is 28.5. The number of β-lactam (4-membered cyclic amide) rings is 1. The summed E-state index contributed by atoms with van der Waals surface area (Å²) in [5.74, 6) is -1.88. The minimum atomic E-state index is -2.98. The molecule has 0 aromatic heterocycles. The number of hydrogen-bond acceptors (Lipinski definition) is 4. The smallest absolute Gasteiger partial charge is 0.353 e. The third-order valence-corrected chi connectivity index (χ3v) is 17.1. The summed E-state index contributed by atoms with van der Waals surface area (Å²) in [6.45, 7) is 8.01. The van der Waals surface area contributed by atoms with Gasteiger partial charge in [-0.3, -0.25) is 9.69 Å². The van der Waals surface area contributed by atoms with E-state index in [4.69, 9.17) is 17.1 Å². The molecule has 1 fully saturated rings. The van der Waals surface area contributed by atoms with Crippen LogP contribution in [0.4, 0.5) is 0 Å². The maximum Gasteiger partial charge on any atom is 0.353 e. The minimum Gasteiger partial charge on any atom is -0.477 e. The van der Waals surface area contributed by atoms with Crippen LogP contribution in [0.3, 0.4) is 0 Å². The van der Waals surface area contributed by atoms with E-state index in [0.717, 1.165) is 15.9 Å². The molecule has 3 aromatic carbocycles. The average Bonchev–Trinajstić information content (AvgIpc) is 2.89. The highest BCUT2D eigenvalue weighted by atomic mass is 32.1. The monoisotopic (exact) mass is 565 g/mol. The van der Waals surface area contributed by atoms with Gasteiger partial charge in [0.1, 0.15) is 5.42 Å². The first kappa shape index (κ1) is 28.4. The number of carboxylic acids is 1. The summed E-state index contributed by atoms with van der Waals surface area (Å²) in [5.41, 5.74) is 0.0784. The van der Waals surface area contributed by atoms with Gasteiger partial charge in [-0.25, -0.2) is 4.79 Å². The summed E-state index contributed by atoms with van der Waals surface area (Å²) >= 11 is 4.81. The van der Waals surface area contributed by atoms with Crippen LogP contribution in [0.2, 0.25) is 18.1 Å². The van der Waals surface area contributed by atoms with Gasteiger partial charge in [-0.05, 0) is 34.0 Å². The van der Waals surface area contributed by atoms with Gasteiger partial charge < -0.3 is 9.53 Å². The predicted molar refractivity (Wildman–Crippen MR) is 164 cm³/mol. The average molecular weight is 566 g/mol. The van der Waals surface area contributed by atoms with Crippen molar-refractivity contribution in [3.8, 4) is 0 Å². The van der Waals surface area contributed by atoms with Crippen LogP contribution in [-0.4, -0.2) is 47.6 Å². The minimum absolute atomic E-state index is 0.00145. The number of amides is 1. The van der Waals surface area contributed by atoms with Gasteiger partial charge in [-0.2, -0.15) is 12.6 Å². The van der Waals surface area contributed by atoms with Gasteiger partial charge in [0.2, 0.25) is 5.91 Å². The number of rotatable bonds is 8. The molecule has 1 amide bonds. The molecular formula is C30H36NO4PSSi. The van der Waals surface area contributed by atoms with E-state index in [9.17, 15) is 14.7 Å². The number of nitrogens with zero attached hydrogens (tertiary/aromatic N) is 1. The number of carbonyl (C=O) groups excluding carboxylic acids is 1. The fourth-order valence-electron chi connectivity index (χ4n) is 4.61. The van der Waals surface area contributed by atoms with Crippen molar-refractivity contribution in [3.63, 3.8) is 0 Å². The Morgan fingerprint density at radius 3 is 1.61 bits per heavy atom. The molecule has 2 atom stereocenters. The van der Waals surface area contributed by atoms with Crippen LogP contribution in [0.25, 0.3) is 0 Å². The summed E-state index contributed by atoms with van der Waals surface area (Å²) in [7, 11) is -2.10. The number of aliphatic carboxylic acids is 1. The molecule has 200 valence electrons. The zero-order valence-corrected chi connectivity index (χ0v) is 25.3. The lowest BCUT2D eigenvalue weighted by molar-refractivity contribution is -0.147. The van der Waals surface area contributed by atoms with E-state index in [1.54, 1.807) is 0 Å². The van der Waals surface area contributed by atoms with Gasteiger partial charge >= 0.3 is 5.97 Å². The Labute approximate surface area is 232 Å². The highest BCUT2D eigenvalue weighted by molar-refractivity contribution is 7.96. The summed E-state index contributed by atoms with van der Waals surface area (Å²) in [6.07, 6.45) is 0. The molecule has 4 rings (SSSR count). The number of carbonyl (C=O) groups is 2. The zero-order valence-electron chi connectivity index (χ0n) is 22.5. The van der Waals surface area contributed by atoms with Gasteiger partial charge in [-0.15, -0.1) is 0 Å². The number of benzene rings is 3. The van der Waals surface area contributed by atoms with E-state index >= 15 is 0 Å². The second-order valence-electron chi connectivity index (χ2n) is 11.1. The molecule has 5 nitrogen and oxygen atoms in total. The molecule has 1 saturated heterocycles. The van der Waals surface area contributed by atoms with Gasteiger partial charge in [0.25, 0.3) is 0 Å². The van der Waals surface area contributed by atoms with Crippen LogP contribution < -0.4 is 15.9 Å². The van der Waals surface area contributed by atoms with E-state index in [-0.39, 0.29) is 23.0 Å². The maximum absolute atomic E-state index is 13.8. The first-order valence-corrected chi connectivity index (χ1v) is 18.0. The quantitative estimate of drug-likeness (QED) is 0.176. The van der Waals surface area contributed by atoms with Crippen molar-refractivity contribution in [3.05, 3.63) is 91.0 Å². The molecule has 38 heavy (non-hydrogen) atoms. The van der Waals surface area contributed by atoms with Crippen molar-refractivity contribution in [1.82, 2.24) is 4.90 Å². The first-order chi connectivity index (χ1) is 17.9. The second kappa shape index (κ2) is 10.9. The molecule has 1 heterocycles. The largest absolute Gasteiger partial charge is 0.477 e. The molecule has 1 aliphatic heterocycles. The van der Waals surface area contributed by atoms with Crippen LogP contribution in [0.15, 0.2) is 91.0 Å². The van der Waals surface area contributed by atoms with Gasteiger partial charge in [0, 0.05) is 13.5 Å². The number of carboxylic acid groups (broad SMARTS) is 1. The van der Waals surface area contributed by atoms with Gasteiger partial charge in [0.15, 0.2) is 8.32 Å². The van der Waals surface area contributed by atoms with Crippen LogP contribution in [0.1, 0.15) is 20.8 Å². The van der Waals surface area contributed by atoms with Gasteiger partial charge in [-0.1, -0.05) is 112 Å². The van der Waals surface area contributed by atoms with Crippen molar-refractivity contribution in [1.29, 1.82) is 0 Å². The summed E-state index contributed by atoms with van der Waals surface area (Å²) in [6, 6.07) is 29.0. The lowest BCUT2D eigenvalue weighted by Gasteiger charge is -2.48. The Balaban J connectivity index is 1.94. The number of thiol groups is 1.